The van der Waals surface area contributed by atoms with Crippen LogP contribution in [0, 0.1) is 15.9 Å². The zero-order chi connectivity index (χ0) is 16.3. The van der Waals surface area contributed by atoms with E-state index in [1.54, 1.807) is 6.07 Å². The van der Waals surface area contributed by atoms with Crippen LogP contribution >= 0.6 is 0 Å². The van der Waals surface area contributed by atoms with Crippen molar-refractivity contribution in [1.82, 2.24) is 4.98 Å². The fourth-order valence-corrected chi connectivity index (χ4v) is 1.72. The average Bonchev–Trinajstić information content (AvgIpc) is 2.44. The molecule has 0 aliphatic rings. The van der Waals surface area contributed by atoms with Crippen LogP contribution < -0.4 is 5.32 Å². The normalized spacial score (nSPS) is 11.3. The molecule has 5 nitrogen and oxygen atoms in total. The van der Waals surface area contributed by atoms with Gasteiger partial charge in [0.05, 0.1) is 10.5 Å². The minimum absolute atomic E-state index is 0.0169. The molecule has 0 saturated heterocycles. The maximum Gasteiger partial charge on any atom is 0.418 e. The van der Waals surface area contributed by atoms with Crippen LogP contribution in [0.4, 0.5) is 29.1 Å². The summed E-state index contributed by atoms with van der Waals surface area (Å²) in [6.45, 7) is -0.0169. The molecule has 0 fully saturated rings. The van der Waals surface area contributed by atoms with Gasteiger partial charge in [-0.25, -0.2) is 9.37 Å². The van der Waals surface area contributed by atoms with Crippen molar-refractivity contribution in [1.29, 1.82) is 0 Å². The van der Waals surface area contributed by atoms with Gasteiger partial charge in [0, 0.05) is 18.8 Å². The molecular weight excluding hydrogens is 306 g/mol. The van der Waals surface area contributed by atoms with E-state index < -0.39 is 28.2 Å². The molecule has 0 radical (unpaired) electrons. The molecule has 116 valence electrons. The molecule has 1 aromatic carbocycles. The SMILES string of the molecule is O=[N+]([O-])c1cc(C(F)(F)F)cnc1NCc1cccc(F)c1. The highest BCUT2D eigenvalue weighted by Gasteiger charge is 2.33. The Balaban J connectivity index is 2.25. The lowest BCUT2D eigenvalue weighted by molar-refractivity contribution is -0.384. The molecule has 2 aromatic rings. The number of alkyl halides is 3. The number of nitrogens with zero attached hydrogens (tertiary/aromatic N) is 2. The number of pyridine rings is 1. The number of hydrogen-bond donors (Lipinski definition) is 1. The molecule has 1 aromatic heterocycles. The van der Waals surface area contributed by atoms with Crippen LogP contribution in [-0.2, 0) is 12.7 Å². The van der Waals surface area contributed by atoms with Crippen molar-refractivity contribution < 1.29 is 22.5 Å². The van der Waals surface area contributed by atoms with E-state index in [9.17, 15) is 27.7 Å². The molecule has 0 unspecified atom stereocenters. The van der Waals surface area contributed by atoms with Gasteiger partial charge in [0.2, 0.25) is 5.82 Å². The topological polar surface area (TPSA) is 68.1 Å². The van der Waals surface area contributed by atoms with E-state index in [1.807, 2.05) is 0 Å². The molecule has 0 spiro atoms. The zero-order valence-electron chi connectivity index (χ0n) is 10.9. The van der Waals surface area contributed by atoms with E-state index in [1.165, 1.54) is 18.2 Å². The number of nitro groups is 1. The van der Waals surface area contributed by atoms with Crippen molar-refractivity contribution in [3.05, 3.63) is 63.6 Å². The molecule has 2 rings (SSSR count). The van der Waals surface area contributed by atoms with Gasteiger partial charge in [-0.15, -0.1) is 0 Å². The quantitative estimate of drug-likeness (QED) is 0.530. The van der Waals surface area contributed by atoms with Crippen LogP contribution in [0.2, 0.25) is 0 Å². The Hall–Kier alpha value is -2.71. The van der Waals surface area contributed by atoms with Crippen LogP contribution in [0.5, 0.6) is 0 Å². The van der Waals surface area contributed by atoms with Gasteiger partial charge in [0.15, 0.2) is 0 Å². The maximum atomic E-state index is 13.0. The van der Waals surface area contributed by atoms with Crippen molar-refractivity contribution in [2.45, 2.75) is 12.7 Å². The van der Waals surface area contributed by atoms with E-state index in [4.69, 9.17) is 0 Å². The number of aromatic nitrogens is 1. The lowest BCUT2D eigenvalue weighted by atomic mass is 10.2. The molecule has 0 saturated carbocycles. The lowest BCUT2D eigenvalue weighted by Crippen LogP contribution is -2.10. The summed E-state index contributed by atoms with van der Waals surface area (Å²) < 4.78 is 50.6. The molecule has 0 amide bonds. The van der Waals surface area contributed by atoms with Crippen molar-refractivity contribution in [3.8, 4) is 0 Å². The number of halogens is 4. The molecule has 0 atom stereocenters. The fraction of sp³-hybridized carbons (Fsp3) is 0.154. The van der Waals surface area contributed by atoms with Gasteiger partial charge in [0.1, 0.15) is 5.82 Å². The highest BCUT2D eigenvalue weighted by molar-refractivity contribution is 5.57. The summed E-state index contributed by atoms with van der Waals surface area (Å²) in [7, 11) is 0. The standard InChI is InChI=1S/C13H9F4N3O2/c14-10-3-1-2-8(4-10)6-18-12-11(20(21)22)5-9(7-19-12)13(15,16)17/h1-5,7H,6H2,(H,18,19). The molecular formula is C13H9F4N3O2. The van der Waals surface area contributed by atoms with Crippen LogP contribution in [0.1, 0.15) is 11.1 Å². The van der Waals surface area contributed by atoms with Gasteiger partial charge >= 0.3 is 11.9 Å². The van der Waals surface area contributed by atoms with Crippen molar-refractivity contribution in [2.24, 2.45) is 0 Å². The maximum absolute atomic E-state index is 13.0. The summed E-state index contributed by atoms with van der Waals surface area (Å²) in [6, 6.07) is 5.83. The number of nitrogens with one attached hydrogen (secondary N) is 1. The molecule has 0 aliphatic heterocycles. The highest BCUT2D eigenvalue weighted by atomic mass is 19.4. The van der Waals surface area contributed by atoms with Gasteiger partial charge in [-0.3, -0.25) is 10.1 Å². The van der Waals surface area contributed by atoms with Gasteiger partial charge in [0.25, 0.3) is 0 Å². The number of hydrogen-bond acceptors (Lipinski definition) is 4. The second-order valence-corrected chi connectivity index (χ2v) is 4.33. The molecule has 1 N–H and O–H groups in total. The van der Waals surface area contributed by atoms with Gasteiger partial charge in [-0.1, -0.05) is 12.1 Å². The summed E-state index contributed by atoms with van der Waals surface area (Å²) in [5, 5.41) is 13.4. The summed E-state index contributed by atoms with van der Waals surface area (Å²) in [4.78, 5) is 13.3. The summed E-state index contributed by atoms with van der Waals surface area (Å²) in [5.74, 6) is -0.809. The Morgan fingerprint density at radius 3 is 2.59 bits per heavy atom. The third-order valence-electron chi connectivity index (χ3n) is 2.74. The van der Waals surface area contributed by atoms with Gasteiger partial charge in [-0.05, 0) is 17.7 Å². The lowest BCUT2D eigenvalue weighted by Gasteiger charge is -2.09. The largest absolute Gasteiger partial charge is 0.418 e. The Morgan fingerprint density at radius 2 is 2.00 bits per heavy atom. The Morgan fingerprint density at radius 1 is 1.27 bits per heavy atom. The van der Waals surface area contributed by atoms with Crippen molar-refractivity contribution in [3.63, 3.8) is 0 Å². The fourth-order valence-electron chi connectivity index (χ4n) is 1.72. The van der Waals surface area contributed by atoms with Crippen LogP contribution in [0.25, 0.3) is 0 Å². The van der Waals surface area contributed by atoms with Crippen LogP contribution in [0.15, 0.2) is 36.5 Å². The molecule has 22 heavy (non-hydrogen) atoms. The van der Waals surface area contributed by atoms with E-state index >= 15 is 0 Å². The zero-order valence-corrected chi connectivity index (χ0v) is 10.9. The van der Waals surface area contributed by atoms with Gasteiger partial charge in [-0.2, -0.15) is 13.2 Å². The van der Waals surface area contributed by atoms with E-state index in [-0.39, 0.29) is 12.4 Å². The monoisotopic (exact) mass is 315 g/mol. The van der Waals surface area contributed by atoms with E-state index in [0.717, 1.165) is 0 Å². The van der Waals surface area contributed by atoms with Crippen LogP contribution in [0.3, 0.4) is 0 Å². The number of anilines is 1. The van der Waals surface area contributed by atoms with Crippen molar-refractivity contribution >= 4 is 11.5 Å². The third kappa shape index (κ3) is 3.68. The number of benzene rings is 1. The molecule has 9 heteroatoms. The van der Waals surface area contributed by atoms with Gasteiger partial charge < -0.3 is 5.32 Å². The molecule has 0 bridgehead atoms. The first-order valence-corrected chi connectivity index (χ1v) is 5.97. The predicted molar refractivity (Wildman–Crippen MR) is 69.6 cm³/mol. The predicted octanol–water partition coefficient (Wildman–Crippen LogP) is 3.76. The van der Waals surface area contributed by atoms with E-state index in [2.05, 4.69) is 10.3 Å². The second kappa shape index (κ2) is 5.96. The van der Waals surface area contributed by atoms with Crippen LogP contribution in [-0.4, -0.2) is 9.91 Å². The smallest absolute Gasteiger partial charge is 0.360 e. The Kier molecular flexibility index (Phi) is 4.25. The molecule has 0 aliphatic carbocycles. The summed E-state index contributed by atoms with van der Waals surface area (Å²) in [6.07, 6.45) is -4.22. The summed E-state index contributed by atoms with van der Waals surface area (Å²) >= 11 is 0. The first-order valence-electron chi connectivity index (χ1n) is 5.97. The summed E-state index contributed by atoms with van der Waals surface area (Å²) in [5.41, 5.74) is -1.54. The Labute approximate surface area is 121 Å². The minimum atomic E-state index is -4.72. The third-order valence-corrected chi connectivity index (χ3v) is 2.74. The number of rotatable bonds is 4. The van der Waals surface area contributed by atoms with Crippen molar-refractivity contribution in [2.75, 3.05) is 5.32 Å². The average molecular weight is 315 g/mol. The Bertz CT molecular complexity index is 704. The second-order valence-electron chi connectivity index (χ2n) is 4.33. The highest BCUT2D eigenvalue weighted by Crippen LogP contribution is 2.33. The first kappa shape index (κ1) is 15.7. The molecule has 1 heterocycles. The first-order chi connectivity index (χ1) is 10.3. The van der Waals surface area contributed by atoms with E-state index in [0.29, 0.717) is 17.8 Å². The minimum Gasteiger partial charge on any atom is -0.360 e.